The van der Waals surface area contributed by atoms with Gasteiger partial charge in [0.2, 0.25) is 0 Å². The van der Waals surface area contributed by atoms with E-state index in [2.05, 4.69) is 33.7 Å². The summed E-state index contributed by atoms with van der Waals surface area (Å²) in [5.74, 6) is 1.69. The fourth-order valence-electron chi connectivity index (χ4n) is 3.93. The first-order chi connectivity index (χ1) is 15.5. The number of benzene rings is 2. The lowest BCUT2D eigenvalue weighted by Crippen LogP contribution is -2.34. The average molecular weight is 435 g/mol. The number of nitrogens with zero attached hydrogens (tertiary/aromatic N) is 2. The van der Waals surface area contributed by atoms with Crippen molar-refractivity contribution < 1.29 is 14.3 Å². The van der Waals surface area contributed by atoms with Crippen LogP contribution in [0, 0.1) is 5.92 Å². The highest BCUT2D eigenvalue weighted by molar-refractivity contribution is 5.87. The van der Waals surface area contributed by atoms with E-state index in [0.29, 0.717) is 18.3 Å². The molecule has 168 valence electrons. The van der Waals surface area contributed by atoms with E-state index in [9.17, 15) is 4.79 Å². The smallest absolute Gasteiger partial charge is 0.258 e. The number of ether oxygens (including phenoxy) is 2. The van der Waals surface area contributed by atoms with Gasteiger partial charge in [0.25, 0.3) is 5.91 Å². The number of aromatic amines is 1. The number of amides is 1. The zero-order valence-electron chi connectivity index (χ0n) is 18.8. The molecule has 0 spiro atoms. The lowest BCUT2D eigenvalue weighted by Gasteiger charge is -2.19. The largest absolute Gasteiger partial charge is 0.483 e. The maximum absolute atomic E-state index is 12.8. The van der Waals surface area contributed by atoms with Gasteiger partial charge in [-0.05, 0) is 42.7 Å². The van der Waals surface area contributed by atoms with Crippen molar-refractivity contribution in [1.29, 1.82) is 0 Å². The summed E-state index contributed by atoms with van der Waals surface area (Å²) < 4.78 is 13.2. The highest BCUT2D eigenvalue weighted by Crippen LogP contribution is 2.27. The molecule has 0 aliphatic carbocycles. The highest BCUT2D eigenvalue weighted by Gasteiger charge is 2.20. The minimum absolute atomic E-state index is 0.0583. The van der Waals surface area contributed by atoms with Crippen molar-refractivity contribution in [3.63, 3.8) is 0 Å². The van der Waals surface area contributed by atoms with Crippen LogP contribution in [0.15, 0.2) is 54.7 Å². The molecule has 1 atom stereocenters. The van der Waals surface area contributed by atoms with Crippen LogP contribution in [-0.2, 0) is 16.1 Å². The summed E-state index contributed by atoms with van der Waals surface area (Å²) in [5.41, 5.74) is 2.91. The lowest BCUT2D eigenvalue weighted by atomic mass is 10.0. The summed E-state index contributed by atoms with van der Waals surface area (Å²) >= 11 is 0. The summed E-state index contributed by atoms with van der Waals surface area (Å²) in [6.45, 7) is 5.60. The van der Waals surface area contributed by atoms with E-state index < -0.39 is 0 Å². The zero-order chi connectivity index (χ0) is 22.5. The predicted molar refractivity (Wildman–Crippen MR) is 126 cm³/mol. The van der Waals surface area contributed by atoms with Crippen LogP contribution >= 0.6 is 0 Å². The number of hydrogen-bond donors (Lipinski definition) is 2. The van der Waals surface area contributed by atoms with Crippen LogP contribution in [0.25, 0.3) is 21.9 Å². The van der Waals surface area contributed by atoms with Crippen molar-refractivity contribution in [3.8, 4) is 5.75 Å². The second-order valence-corrected chi connectivity index (χ2v) is 8.37. The van der Waals surface area contributed by atoms with Crippen LogP contribution in [0.2, 0.25) is 0 Å². The molecular formula is C25H30N4O3. The number of imidazole rings is 1. The fourth-order valence-corrected chi connectivity index (χ4v) is 3.93. The number of rotatable bonds is 10. The maximum Gasteiger partial charge on any atom is 0.258 e. The lowest BCUT2D eigenvalue weighted by molar-refractivity contribution is -0.124. The van der Waals surface area contributed by atoms with Crippen LogP contribution in [0.1, 0.15) is 32.1 Å². The Morgan fingerprint density at radius 3 is 2.78 bits per heavy atom. The van der Waals surface area contributed by atoms with Crippen molar-refractivity contribution >= 4 is 27.8 Å². The molecule has 0 saturated carbocycles. The van der Waals surface area contributed by atoms with Gasteiger partial charge in [-0.3, -0.25) is 4.79 Å². The van der Waals surface area contributed by atoms with Crippen molar-refractivity contribution in [2.75, 3.05) is 20.3 Å². The van der Waals surface area contributed by atoms with Gasteiger partial charge in [0.05, 0.1) is 29.2 Å². The molecule has 0 unspecified atom stereocenters. The number of H-pyrrole nitrogens is 1. The average Bonchev–Trinajstić information content (AvgIpc) is 3.40. The SMILES string of the molecule is COCCn1ccc2c(OCC(=O)N[C@H](CC(C)C)c3nc4ccccc4[nH]3)cccc21. The van der Waals surface area contributed by atoms with Gasteiger partial charge in [-0.25, -0.2) is 4.98 Å². The molecule has 1 amide bonds. The van der Waals surface area contributed by atoms with Crippen LogP contribution in [0.5, 0.6) is 5.75 Å². The van der Waals surface area contributed by atoms with Gasteiger partial charge >= 0.3 is 0 Å². The van der Waals surface area contributed by atoms with E-state index >= 15 is 0 Å². The third-order valence-electron chi connectivity index (χ3n) is 5.45. The highest BCUT2D eigenvalue weighted by atomic mass is 16.5. The molecule has 0 saturated heterocycles. The van der Waals surface area contributed by atoms with Crippen LogP contribution in [-0.4, -0.2) is 40.8 Å². The van der Waals surface area contributed by atoms with E-state index in [1.54, 1.807) is 7.11 Å². The first-order valence-electron chi connectivity index (χ1n) is 11.0. The third-order valence-corrected chi connectivity index (χ3v) is 5.45. The van der Waals surface area contributed by atoms with Crippen molar-refractivity contribution in [2.45, 2.75) is 32.9 Å². The van der Waals surface area contributed by atoms with Crippen molar-refractivity contribution in [3.05, 3.63) is 60.6 Å². The van der Waals surface area contributed by atoms with Crippen LogP contribution < -0.4 is 10.1 Å². The molecule has 0 radical (unpaired) electrons. The Morgan fingerprint density at radius 1 is 1.16 bits per heavy atom. The Balaban J connectivity index is 1.45. The topological polar surface area (TPSA) is 81.2 Å². The molecule has 2 heterocycles. The number of hydrogen-bond acceptors (Lipinski definition) is 4. The molecule has 4 rings (SSSR count). The number of carbonyl (C=O) groups excluding carboxylic acids is 1. The maximum atomic E-state index is 12.8. The van der Waals surface area contributed by atoms with E-state index in [4.69, 9.17) is 9.47 Å². The standard InChI is InChI=1S/C25H30N4O3/c1-17(2)15-21(25-27-19-7-4-5-8-20(19)28-25)26-24(30)16-32-23-10-6-9-22-18(23)11-12-29(22)13-14-31-3/h4-12,17,21H,13-16H2,1-3H3,(H,26,30)(H,27,28)/t21-/m1/s1. The molecule has 2 aromatic carbocycles. The summed E-state index contributed by atoms with van der Waals surface area (Å²) in [6.07, 6.45) is 2.79. The number of para-hydroxylation sites is 2. The van der Waals surface area contributed by atoms with Gasteiger partial charge in [0.1, 0.15) is 11.6 Å². The molecule has 2 N–H and O–H groups in total. The molecule has 7 nitrogen and oxygen atoms in total. The first kappa shape index (κ1) is 21.9. The molecular weight excluding hydrogens is 404 g/mol. The molecule has 4 aromatic rings. The number of carbonyl (C=O) groups is 1. The predicted octanol–water partition coefficient (Wildman–Crippen LogP) is 4.45. The van der Waals surface area contributed by atoms with Gasteiger partial charge in [-0.1, -0.05) is 32.0 Å². The second kappa shape index (κ2) is 9.87. The van der Waals surface area contributed by atoms with Crippen LogP contribution in [0.3, 0.4) is 0 Å². The number of methoxy groups -OCH3 is 1. The Hall–Kier alpha value is -3.32. The molecule has 2 aromatic heterocycles. The normalized spacial score (nSPS) is 12.5. The first-order valence-corrected chi connectivity index (χ1v) is 11.0. The van der Waals surface area contributed by atoms with E-state index in [1.807, 2.05) is 54.7 Å². The van der Waals surface area contributed by atoms with Gasteiger partial charge in [0, 0.05) is 25.2 Å². The van der Waals surface area contributed by atoms with Gasteiger partial charge in [-0.15, -0.1) is 0 Å². The van der Waals surface area contributed by atoms with E-state index in [0.717, 1.165) is 40.7 Å². The summed E-state index contributed by atoms with van der Waals surface area (Å²) in [7, 11) is 1.69. The van der Waals surface area contributed by atoms with Crippen molar-refractivity contribution in [1.82, 2.24) is 19.9 Å². The summed E-state index contributed by atoms with van der Waals surface area (Å²) in [6, 6.07) is 15.6. The minimum Gasteiger partial charge on any atom is -0.483 e. The molecule has 7 heteroatoms. The number of nitrogens with one attached hydrogen (secondary N) is 2. The van der Waals surface area contributed by atoms with E-state index in [-0.39, 0.29) is 18.6 Å². The van der Waals surface area contributed by atoms with Gasteiger partial charge < -0.3 is 24.3 Å². The minimum atomic E-state index is -0.204. The Morgan fingerprint density at radius 2 is 2.00 bits per heavy atom. The molecule has 0 aliphatic heterocycles. The van der Waals surface area contributed by atoms with Crippen LogP contribution in [0.4, 0.5) is 0 Å². The monoisotopic (exact) mass is 434 g/mol. The Labute approximate surface area is 187 Å². The third kappa shape index (κ3) is 4.94. The van der Waals surface area contributed by atoms with E-state index in [1.165, 1.54) is 0 Å². The molecule has 32 heavy (non-hydrogen) atoms. The summed E-state index contributed by atoms with van der Waals surface area (Å²) in [5, 5.41) is 4.08. The fraction of sp³-hybridized carbons (Fsp3) is 0.360. The Kier molecular flexibility index (Phi) is 6.75. The molecule has 0 bridgehead atoms. The Bertz CT molecular complexity index is 1160. The van der Waals surface area contributed by atoms with Gasteiger partial charge in [-0.2, -0.15) is 0 Å². The number of fused-ring (bicyclic) bond motifs is 2. The number of aromatic nitrogens is 3. The quantitative estimate of drug-likeness (QED) is 0.386. The molecule has 0 aliphatic rings. The second-order valence-electron chi connectivity index (χ2n) is 8.37. The van der Waals surface area contributed by atoms with Gasteiger partial charge in [0.15, 0.2) is 6.61 Å². The zero-order valence-corrected chi connectivity index (χ0v) is 18.8. The summed E-state index contributed by atoms with van der Waals surface area (Å²) in [4.78, 5) is 20.8. The molecule has 0 fully saturated rings. The van der Waals surface area contributed by atoms with Crippen molar-refractivity contribution in [2.24, 2.45) is 5.92 Å².